The van der Waals surface area contributed by atoms with Gasteiger partial charge in [0.1, 0.15) is 0 Å². The Morgan fingerprint density at radius 1 is 1.42 bits per heavy atom. The summed E-state index contributed by atoms with van der Waals surface area (Å²) in [5, 5.41) is 18.8. The van der Waals surface area contributed by atoms with Gasteiger partial charge in [-0.15, -0.1) is 0 Å². The Morgan fingerprint density at radius 2 is 2.11 bits per heavy atom. The second-order valence-corrected chi connectivity index (χ2v) is 4.33. The van der Waals surface area contributed by atoms with E-state index in [9.17, 15) is 14.7 Å². The summed E-state index contributed by atoms with van der Waals surface area (Å²) in [5.74, 6) is -1.73. The van der Waals surface area contributed by atoms with E-state index in [4.69, 9.17) is 21.4 Å². The molecule has 1 rings (SSSR count). The lowest BCUT2D eigenvalue weighted by Crippen LogP contribution is -2.14. The number of hydrogen-bond acceptors (Lipinski definition) is 4. The molecular weight excluding hydrogens is 272 g/mol. The predicted octanol–water partition coefficient (Wildman–Crippen LogP) is 1.95. The third-order valence-corrected chi connectivity index (χ3v) is 2.78. The molecule has 0 bridgehead atoms. The molecule has 104 valence electrons. The number of halogens is 1. The Labute approximate surface area is 115 Å². The van der Waals surface area contributed by atoms with Crippen LogP contribution in [0.4, 0.5) is 0 Å². The molecule has 1 aromatic carbocycles. The van der Waals surface area contributed by atoms with Crippen LogP contribution in [0.2, 0.25) is 5.02 Å². The second-order valence-electron chi connectivity index (χ2n) is 3.89. The Balaban J connectivity index is 2.88. The van der Waals surface area contributed by atoms with Gasteiger partial charge in [-0.25, -0.2) is 4.79 Å². The van der Waals surface area contributed by atoms with Crippen molar-refractivity contribution in [2.45, 2.75) is 25.9 Å². The maximum absolute atomic E-state index is 11.3. The largest absolute Gasteiger partial charge is 0.479 e. The standard InChI is InChI=1S/C13H15ClO5/c1-2-19-11(15)6-4-8-3-5-9(14)7-10(8)12(16)13(17)18/h3,5,7,12,16H,2,4,6H2,1H3,(H,17,18). The maximum atomic E-state index is 11.3. The molecule has 0 radical (unpaired) electrons. The summed E-state index contributed by atoms with van der Waals surface area (Å²) >= 11 is 5.78. The van der Waals surface area contributed by atoms with Crippen molar-refractivity contribution in [1.82, 2.24) is 0 Å². The highest BCUT2D eigenvalue weighted by atomic mass is 35.5. The van der Waals surface area contributed by atoms with Gasteiger partial charge in [0.25, 0.3) is 0 Å². The van der Waals surface area contributed by atoms with Crippen molar-refractivity contribution in [3.05, 3.63) is 34.3 Å². The van der Waals surface area contributed by atoms with Crippen LogP contribution in [-0.4, -0.2) is 28.8 Å². The summed E-state index contributed by atoms with van der Waals surface area (Å²) in [7, 11) is 0. The summed E-state index contributed by atoms with van der Waals surface area (Å²) < 4.78 is 4.79. The van der Waals surface area contributed by atoms with E-state index in [2.05, 4.69) is 0 Å². The molecule has 19 heavy (non-hydrogen) atoms. The lowest BCUT2D eigenvalue weighted by Gasteiger charge is -2.12. The summed E-state index contributed by atoms with van der Waals surface area (Å²) in [4.78, 5) is 22.1. The van der Waals surface area contributed by atoms with Crippen LogP contribution in [0.3, 0.4) is 0 Å². The number of carbonyl (C=O) groups is 2. The van der Waals surface area contributed by atoms with Crippen LogP contribution in [0.5, 0.6) is 0 Å². The quantitative estimate of drug-likeness (QED) is 0.781. The first kappa shape index (κ1) is 15.5. The highest BCUT2D eigenvalue weighted by molar-refractivity contribution is 6.30. The van der Waals surface area contributed by atoms with Crippen LogP contribution in [0.25, 0.3) is 0 Å². The van der Waals surface area contributed by atoms with E-state index in [1.54, 1.807) is 19.1 Å². The van der Waals surface area contributed by atoms with E-state index in [1.807, 2.05) is 0 Å². The van der Waals surface area contributed by atoms with E-state index in [-0.39, 0.29) is 24.4 Å². The molecule has 0 aliphatic rings. The minimum absolute atomic E-state index is 0.120. The number of ether oxygens (including phenoxy) is 1. The number of rotatable bonds is 6. The number of carboxylic acids is 1. The highest BCUT2D eigenvalue weighted by Gasteiger charge is 2.20. The number of aliphatic hydroxyl groups is 1. The Bertz CT molecular complexity index is 472. The highest BCUT2D eigenvalue weighted by Crippen LogP contribution is 2.24. The van der Waals surface area contributed by atoms with Crippen molar-refractivity contribution in [1.29, 1.82) is 0 Å². The van der Waals surface area contributed by atoms with E-state index < -0.39 is 12.1 Å². The van der Waals surface area contributed by atoms with Gasteiger partial charge < -0.3 is 14.9 Å². The number of esters is 1. The first-order valence-corrected chi connectivity index (χ1v) is 6.18. The molecular formula is C13H15ClO5. The predicted molar refractivity (Wildman–Crippen MR) is 69.0 cm³/mol. The minimum atomic E-state index is -1.66. The lowest BCUT2D eigenvalue weighted by atomic mass is 9.98. The van der Waals surface area contributed by atoms with Gasteiger partial charge in [-0.3, -0.25) is 4.79 Å². The number of carboxylic acid groups (broad SMARTS) is 1. The van der Waals surface area contributed by atoms with Gasteiger partial charge >= 0.3 is 11.9 Å². The average Bonchev–Trinajstić information content (AvgIpc) is 2.36. The number of aliphatic hydroxyl groups excluding tert-OH is 1. The molecule has 1 atom stereocenters. The molecule has 0 saturated carbocycles. The fourth-order valence-corrected chi connectivity index (χ4v) is 1.83. The average molecular weight is 287 g/mol. The SMILES string of the molecule is CCOC(=O)CCc1ccc(Cl)cc1C(O)C(=O)O. The van der Waals surface area contributed by atoms with Gasteiger partial charge in [-0.2, -0.15) is 0 Å². The van der Waals surface area contributed by atoms with Gasteiger partial charge in [-0.05, 0) is 36.6 Å². The molecule has 0 amide bonds. The number of aryl methyl sites for hydroxylation is 1. The molecule has 0 heterocycles. The molecule has 1 unspecified atom stereocenters. The van der Waals surface area contributed by atoms with Gasteiger partial charge in [0.05, 0.1) is 6.61 Å². The van der Waals surface area contributed by atoms with E-state index in [1.165, 1.54) is 6.07 Å². The Hall–Kier alpha value is -1.59. The van der Waals surface area contributed by atoms with E-state index in [0.717, 1.165) is 0 Å². The summed E-state index contributed by atoms with van der Waals surface area (Å²) in [5.41, 5.74) is 0.761. The second kappa shape index (κ2) is 7.11. The third kappa shape index (κ3) is 4.54. The number of aliphatic carboxylic acids is 1. The van der Waals surface area contributed by atoms with E-state index >= 15 is 0 Å². The third-order valence-electron chi connectivity index (χ3n) is 2.54. The first-order valence-electron chi connectivity index (χ1n) is 5.80. The number of carbonyl (C=O) groups excluding carboxylic acids is 1. The molecule has 2 N–H and O–H groups in total. The molecule has 1 aromatic rings. The molecule has 0 aromatic heterocycles. The zero-order valence-corrected chi connectivity index (χ0v) is 11.2. The van der Waals surface area contributed by atoms with Crippen molar-refractivity contribution < 1.29 is 24.5 Å². The zero-order chi connectivity index (χ0) is 14.4. The minimum Gasteiger partial charge on any atom is -0.479 e. The fourth-order valence-electron chi connectivity index (χ4n) is 1.65. The van der Waals surface area contributed by atoms with Crippen LogP contribution in [-0.2, 0) is 20.7 Å². The Morgan fingerprint density at radius 3 is 2.68 bits per heavy atom. The molecule has 0 aliphatic carbocycles. The summed E-state index contributed by atoms with van der Waals surface area (Å²) in [6.45, 7) is 2.00. The molecule has 0 fully saturated rings. The van der Waals surface area contributed by atoms with E-state index in [0.29, 0.717) is 17.2 Å². The van der Waals surface area contributed by atoms with Crippen molar-refractivity contribution in [2.24, 2.45) is 0 Å². The number of hydrogen-bond donors (Lipinski definition) is 2. The van der Waals surface area contributed by atoms with Crippen molar-refractivity contribution in [3.8, 4) is 0 Å². The van der Waals surface area contributed by atoms with Gasteiger partial charge in [0.2, 0.25) is 0 Å². The molecule has 5 nitrogen and oxygen atoms in total. The lowest BCUT2D eigenvalue weighted by molar-refractivity contribution is -0.147. The van der Waals surface area contributed by atoms with Gasteiger partial charge in [-0.1, -0.05) is 17.7 Å². The van der Waals surface area contributed by atoms with Crippen LogP contribution in [0.1, 0.15) is 30.6 Å². The van der Waals surface area contributed by atoms with Gasteiger partial charge in [0.15, 0.2) is 6.10 Å². The topological polar surface area (TPSA) is 83.8 Å². The van der Waals surface area contributed by atoms with Crippen LogP contribution in [0.15, 0.2) is 18.2 Å². The van der Waals surface area contributed by atoms with Crippen LogP contribution in [0, 0.1) is 0 Å². The number of benzene rings is 1. The van der Waals surface area contributed by atoms with Gasteiger partial charge in [0, 0.05) is 11.4 Å². The van der Waals surface area contributed by atoms with Crippen LogP contribution < -0.4 is 0 Å². The van der Waals surface area contributed by atoms with Crippen molar-refractivity contribution >= 4 is 23.5 Å². The smallest absolute Gasteiger partial charge is 0.337 e. The summed E-state index contributed by atoms with van der Waals surface area (Å²) in [6.07, 6.45) is -1.25. The molecule has 6 heteroatoms. The Kier molecular flexibility index (Phi) is 5.79. The maximum Gasteiger partial charge on any atom is 0.337 e. The molecule has 0 aliphatic heterocycles. The monoisotopic (exact) mass is 286 g/mol. The molecule has 0 saturated heterocycles. The van der Waals surface area contributed by atoms with Crippen LogP contribution >= 0.6 is 11.6 Å². The normalized spacial score (nSPS) is 11.9. The fraction of sp³-hybridized carbons (Fsp3) is 0.385. The first-order chi connectivity index (χ1) is 8.95. The van der Waals surface area contributed by atoms with Crippen molar-refractivity contribution in [2.75, 3.05) is 6.61 Å². The zero-order valence-electron chi connectivity index (χ0n) is 10.4. The molecule has 0 spiro atoms. The van der Waals surface area contributed by atoms with Crippen molar-refractivity contribution in [3.63, 3.8) is 0 Å². The summed E-state index contributed by atoms with van der Waals surface area (Å²) in [6, 6.07) is 4.57.